The Morgan fingerprint density at radius 2 is 2.08 bits per heavy atom. The number of hydrogen-bond acceptors (Lipinski definition) is 5. The molecule has 1 amide bonds. The maximum atomic E-state index is 12.1. The zero-order valence-electron chi connectivity index (χ0n) is 12.7. The fourth-order valence-electron chi connectivity index (χ4n) is 1.77. The maximum absolute atomic E-state index is 12.1. The fraction of sp³-hybridized carbons (Fsp3) is 0.0588. The summed E-state index contributed by atoms with van der Waals surface area (Å²) in [7, 11) is 0. The van der Waals surface area contributed by atoms with E-state index in [-0.39, 0.29) is 11.4 Å². The second kappa shape index (κ2) is 8.04. The van der Waals surface area contributed by atoms with Crippen molar-refractivity contribution in [1.29, 1.82) is 5.26 Å². The number of carbonyl (C=O) groups excluding carboxylic acids is 2. The van der Waals surface area contributed by atoms with E-state index >= 15 is 0 Å². The molecule has 0 atom stereocenters. The van der Waals surface area contributed by atoms with Gasteiger partial charge in [-0.25, -0.2) is 4.98 Å². The Balaban J connectivity index is 2.10. The van der Waals surface area contributed by atoms with Gasteiger partial charge in [0.2, 0.25) is 0 Å². The number of pyridine rings is 1. The third-order valence-electron chi connectivity index (χ3n) is 2.98. The van der Waals surface area contributed by atoms with Crippen LogP contribution in [-0.4, -0.2) is 16.7 Å². The average Bonchev–Trinajstić information content (AvgIpc) is 2.57. The molecule has 1 aromatic carbocycles. The number of benzene rings is 1. The first-order valence-corrected chi connectivity index (χ1v) is 7.69. The maximum Gasteiger partial charge on any atom is 0.267 e. The second-order valence-electron chi connectivity index (χ2n) is 4.77. The van der Waals surface area contributed by atoms with Gasteiger partial charge in [-0.05, 0) is 47.1 Å². The zero-order chi connectivity index (χ0) is 17.5. The standard InChI is InChI=1S/C17H13BrN4O2/c1-11(23)12-3-2-4-15(7-12)22-17(24)13(8-19)9-20-16-6-5-14(18)10-21-16/h2-7,9-10H,1H3,(H,20,21)(H,22,24)/b13-9-. The van der Waals surface area contributed by atoms with E-state index in [9.17, 15) is 9.59 Å². The number of hydrogen-bond donors (Lipinski definition) is 2. The van der Waals surface area contributed by atoms with Gasteiger partial charge in [0.15, 0.2) is 5.78 Å². The van der Waals surface area contributed by atoms with Crippen LogP contribution < -0.4 is 10.6 Å². The molecule has 0 saturated carbocycles. The molecule has 2 N–H and O–H groups in total. The van der Waals surface area contributed by atoms with E-state index in [2.05, 4.69) is 31.5 Å². The normalized spacial score (nSPS) is 10.6. The van der Waals surface area contributed by atoms with Crippen molar-refractivity contribution in [2.45, 2.75) is 6.92 Å². The Bertz CT molecular complexity index is 838. The van der Waals surface area contributed by atoms with Gasteiger partial charge in [0, 0.05) is 28.1 Å². The van der Waals surface area contributed by atoms with Gasteiger partial charge in [0.05, 0.1) is 0 Å². The largest absolute Gasteiger partial charge is 0.345 e. The van der Waals surface area contributed by atoms with Crippen LogP contribution in [0, 0.1) is 11.3 Å². The Hall–Kier alpha value is -2.98. The summed E-state index contributed by atoms with van der Waals surface area (Å²) in [6.07, 6.45) is 2.87. The summed E-state index contributed by atoms with van der Waals surface area (Å²) in [6, 6.07) is 11.8. The number of carbonyl (C=O) groups is 2. The molecule has 2 rings (SSSR count). The van der Waals surface area contributed by atoms with Crippen molar-refractivity contribution in [2.24, 2.45) is 0 Å². The number of amides is 1. The fourth-order valence-corrected chi connectivity index (χ4v) is 2.00. The highest BCUT2D eigenvalue weighted by Crippen LogP contribution is 2.13. The van der Waals surface area contributed by atoms with Crippen LogP contribution in [-0.2, 0) is 4.79 Å². The SMILES string of the molecule is CC(=O)c1cccc(NC(=O)/C(C#N)=C\Nc2ccc(Br)cn2)c1. The molecule has 0 unspecified atom stereocenters. The van der Waals surface area contributed by atoms with E-state index < -0.39 is 5.91 Å². The molecule has 0 fully saturated rings. The first-order valence-electron chi connectivity index (χ1n) is 6.90. The first kappa shape index (κ1) is 17.4. The highest BCUT2D eigenvalue weighted by atomic mass is 79.9. The number of Topliss-reactive ketones (excluding diaryl/α,β-unsaturated/α-hetero) is 1. The topological polar surface area (TPSA) is 94.9 Å². The Kier molecular flexibility index (Phi) is 5.82. The van der Waals surface area contributed by atoms with Crippen molar-refractivity contribution in [3.8, 4) is 6.07 Å². The van der Waals surface area contributed by atoms with Crippen LogP contribution in [0.3, 0.4) is 0 Å². The van der Waals surface area contributed by atoms with Gasteiger partial charge in [-0.2, -0.15) is 5.26 Å². The van der Waals surface area contributed by atoms with Crippen LogP contribution in [0.4, 0.5) is 11.5 Å². The average molecular weight is 385 g/mol. The lowest BCUT2D eigenvalue weighted by molar-refractivity contribution is -0.112. The van der Waals surface area contributed by atoms with Gasteiger partial charge in [0.1, 0.15) is 17.5 Å². The van der Waals surface area contributed by atoms with Crippen molar-refractivity contribution in [1.82, 2.24) is 4.98 Å². The lowest BCUT2D eigenvalue weighted by Gasteiger charge is -2.06. The zero-order valence-corrected chi connectivity index (χ0v) is 14.3. The summed E-state index contributed by atoms with van der Waals surface area (Å²) < 4.78 is 0.820. The molecule has 1 heterocycles. The molecular weight excluding hydrogens is 372 g/mol. The minimum absolute atomic E-state index is 0.106. The third kappa shape index (κ3) is 4.76. The van der Waals surface area contributed by atoms with Crippen LogP contribution in [0.15, 0.2) is 58.8 Å². The van der Waals surface area contributed by atoms with Gasteiger partial charge in [-0.1, -0.05) is 12.1 Å². The van der Waals surface area contributed by atoms with Crippen molar-refractivity contribution in [2.75, 3.05) is 10.6 Å². The quantitative estimate of drug-likeness (QED) is 0.467. The molecule has 2 aromatic rings. The number of nitrogens with one attached hydrogen (secondary N) is 2. The van der Waals surface area contributed by atoms with Crippen molar-refractivity contribution >= 4 is 39.1 Å². The van der Waals surface area contributed by atoms with Crippen LogP contribution >= 0.6 is 15.9 Å². The summed E-state index contributed by atoms with van der Waals surface area (Å²) in [5, 5.41) is 14.5. The first-order chi connectivity index (χ1) is 11.5. The van der Waals surface area contributed by atoms with E-state index in [4.69, 9.17) is 5.26 Å². The number of anilines is 2. The molecule has 0 saturated heterocycles. The number of rotatable bonds is 5. The predicted octanol–water partition coefficient (Wildman–Crippen LogP) is 3.50. The van der Waals surface area contributed by atoms with Crippen LogP contribution in [0.25, 0.3) is 0 Å². The van der Waals surface area contributed by atoms with E-state index in [1.54, 1.807) is 42.6 Å². The van der Waals surface area contributed by atoms with E-state index in [1.165, 1.54) is 13.1 Å². The minimum atomic E-state index is -0.581. The van der Waals surface area contributed by atoms with Crippen molar-refractivity contribution in [3.63, 3.8) is 0 Å². The number of nitriles is 1. The molecule has 6 nitrogen and oxygen atoms in total. The molecule has 7 heteroatoms. The van der Waals surface area contributed by atoms with E-state index in [0.717, 1.165) is 4.47 Å². The van der Waals surface area contributed by atoms with Gasteiger partial charge < -0.3 is 10.6 Å². The molecule has 0 bridgehead atoms. The smallest absolute Gasteiger partial charge is 0.267 e. The minimum Gasteiger partial charge on any atom is -0.345 e. The van der Waals surface area contributed by atoms with E-state index in [1.807, 2.05) is 6.07 Å². The monoisotopic (exact) mass is 384 g/mol. The Morgan fingerprint density at radius 1 is 1.29 bits per heavy atom. The summed E-state index contributed by atoms with van der Waals surface area (Å²) in [5.41, 5.74) is 0.802. The van der Waals surface area contributed by atoms with Gasteiger partial charge in [0.25, 0.3) is 5.91 Å². The highest BCUT2D eigenvalue weighted by molar-refractivity contribution is 9.10. The molecular formula is C17H13BrN4O2. The lowest BCUT2D eigenvalue weighted by atomic mass is 10.1. The number of halogens is 1. The van der Waals surface area contributed by atoms with Gasteiger partial charge >= 0.3 is 0 Å². The second-order valence-corrected chi connectivity index (χ2v) is 5.68. The molecule has 0 spiro atoms. The summed E-state index contributed by atoms with van der Waals surface area (Å²) in [6.45, 7) is 1.44. The molecule has 0 aliphatic heterocycles. The van der Waals surface area contributed by atoms with Crippen LogP contribution in [0.1, 0.15) is 17.3 Å². The number of nitrogens with zero attached hydrogens (tertiary/aromatic N) is 2. The molecule has 0 radical (unpaired) electrons. The summed E-state index contributed by atoms with van der Waals surface area (Å²) in [4.78, 5) is 27.6. The summed E-state index contributed by atoms with van der Waals surface area (Å²) in [5.74, 6) is -0.190. The Labute approximate surface area is 147 Å². The van der Waals surface area contributed by atoms with Crippen LogP contribution in [0.5, 0.6) is 0 Å². The summed E-state index contributed by atoms with van der Waals surface area (Å²) >= 11 is 3.27. The number of ketones is 1. The highest BCUT2D eigenvalue weighted by Gasteiger charge is 2.10. The molecule has 24 heavy (non-hydrogen) atoms. The predicted molar refractivity (Wildman–Crippen MR) is 94.3 cm³/mol. The van der Waals surface area contributed by atoms with E-state index in [0.29, 0.717) is 17.1 Å². The van der Waals surface area contributed by atoms with Crippen molar-refractivity contribution in [3.05, 3.63) is 64.4 Å². The number of aromatic nitrogens is 1. The van der Waals surface area contributed by atoms with Gasteiger partial charge in [-0.3, -0.25) is 9.59 Å². The third-order valence-corrected chi connectivity index (χ3v) is 3.45. The van der Waals surface area contributed by atoms with Gasteiger partial charge in [-0.15, -0.1) is 0 Å². The molecule has 0 aliphatic carbocycles. The lowest BCUT2D eigenvalue weighted by Crippen LogP contribution is -2.15. The van der Waals surface area contributed by atoms with Crippen LogP contribution in [0.2, 0.25) is 0 Å². The Morgan fingerprint density at radius 3 is 2.71 bits per heavy atom. The molecule has 120 valence electrons. The molecule has 1 aromatic heterocycles. The van der Waals surface area contributed by atoms with Crippen molar-refractivity contribution < 1.29 is 9.59 Å². The molecule has 0 aliphatic rings.